The average molecular weight is 463 g/mol. The summed E-state index contributed by atoms with van der Waals surface area (Å²) in [6, 6.07) is 5.56. The molecule has 0 radical (unpaired) electrons. The molecular formula is C14H21F3IN3OS. The van der Waals surface area contributed by atoms with E-state index in [0.717, 1.165) is 30.7 Å². The molecule has 0 aromatic heterocycles. The van der Waals surface area contributed by atoms with Gasteiger partial charge in [0.25, 0.3) is 0 Å². The third-order valence-electron chi connectivity index (χ3n) is 2.67. The minimum atomic E-state index is -4.68. The summed E-state index contributed by atoms with van der Waals surface area (Å²) in [4.78, 5) is 4.13. The van der Waals surface area contributed by atoms with E-state index in [4.69, 9.17) is 5.73 Å². The number of ether oxygens (including phenoxy) is 1. The molecule has 0 atom stereocenters. The van der Waals surface area contributed by atoms with Gasteiger partial charge in [0.05, 0.1) is 6.54 Å². The predicted octanol–water partition coefficient (Wildman–Crippen LogP) is 3.75. The van der Waals surface area contributed by atoms with Crippen LogP contribution in [-0.2, 0) is 6.54 Å². The maximum Gasteiger partial charge on any atom is 0.573 e. The first-order valence-electron chi connectivity index (χ1n) is 6.78. The van der Waals surface area contributed by atoms with Crippen LogP contribution in [-0.4, -0.2) is 30.9 Å². The Morgan fingerprint density at radius 2 is 1.91 bits per heavy atom. The first-order valence-corrected chi connectivity index (χ1v) is 8.17. The number of nitrogens with one attached hydrogen (secondary N) is 1. The summed E-state index contributed by atoms with van der Waals surface area (Å²) in [6.45, 7) is 1.06. The van der Waals surface area contributed by atoms with Crippen molar-refractivity contribution >= 4 is 41.7 Å². The van der Waals surface area contributed by atoms with E-state index in [1.807, 2.05) is 0 Å². The molecule has 132 valence electrons. The third-order valence-corrected chi connectivity index (χ3v) is 3.37. The van der Waals surface area contributed by atoms with Gasteiger partial charge in [0, 0.05) is 6.54 Å². The molecule has 0 fully saturated rings. The van der Waals surface area contributed by atoms with E-state index in [1.54, 1.807) is 11.8 Å². The van der Waals surface area contributed by atoms with Gasteiger partial charge in [-0.2, -0.15) is 11.8 Å². The second-order valence-electron chi connectivity index (χ2n) is 4.52. The van der Waals surface area contributed by atoms with Gasteiger partial charge in [0.1, 0.15) is 5.75 Å². The summed E-state index contributed by atoms with van der Waals surface area (Å²) in [5.74, 6) is 1.20. The number of rotatable bonds is 8. The lowest BCUT2D eigenvalue weighted by molar-refractivity contribution is -0.274. The van der Waals surface area contributed by atoms with E-state index >= 15 is 0 Å². The molecule has 1 aromatic rings. The Bertz CT molecular complexity index is 469. The molecule has 0 bridgehead atoms. The molecule has 0 aliphatic rings. The van der Waals surface area contributed by atoms with E-state index < -0.39 is 6.36 Å². The Hall–Kier alpha value is -0.840. The van der Waals surface area contributed by atoms with Gasteiger partial charge in [0.2, 0.25) is 0 Å². The van der Waals surface area contributed by atoms with Crippen LogP contribution in [0.2, 0.25) is 0 Å². The molecule has 23 heavy (non-hydrogen) atoms. The number of thioether (sulfide) groups is 1. The number of nitrogens with two attached hydrogens (primary N) is 1. The van der Waals surface area contributed by atoms with Crippen molar-refractivity contribution in [1.29, 1.82) is 0 Å². The minimum absolute atomic E-state index is 0. The fraction of sp³-hybridized carbons (Fsp3) is 0.500. The van der Waals surface area contributed by atoms with Crippen LogP contribution in [0.1, 0.15) is 18.4 Å². The Kier molecular flexibility index (Phi) is 11.2. The summed E-state index contributed by atoms with van der Waals surface area (Å²) in [6.07, 6.45) is -0.485. The summed E-state index contributed by atoms with van der Waals surface area (Å²) in [7, 11) is 0. The van der Waals surface area contributed by atoms with Gasteiger partial charge in [-0.3, -0.25) is 0 Å². The molecule has 0 aliphatic carbocycles. The van der Waals surface area contributed by atoms with Crippen molar-refractivity contribution in [3.8, 4) is 5.75 Å². The SMILES string of the molecule is CSCCCCNC(N)=NCc1ccc(OC(F)(F)F)cc1.I. The van der Waals surface area contributed by atoms with Gasteiger partial charge in [-0.1, -0.05) is 12.1 Å². The fourth-order valence-electron chi connectivity index (χ4n) is 1.62. The van der Waals surface area contributed by atoms with E-state index in [-0.39, 0.29) is 29.7 Å². The second-order valence-corrected chi connectivity index (χ2v) is 5.51. The Labute approximate surface area is 155 Å². The zero-order valence-corrected chi connectivity index (χ0v) is 15.9. The van der Waals surface area contributed by atoms with Crippen molar-refractivity contribution < 1.29 is 17.9 Å². The van der Waals surface area contributed by atoms with Crippen LogP contribution in [0, 0.1) is 0 Å². The molecule has 1 rings (SSSR count). The lowest BCUT2D eigenvalue weighted by Crippen LogP contribution is -2.32. The number of benzene rings is 1. The molecule has 3 N–H and O–H groups in total. The number of halogens is 4. The number of guanidine groups is 1. The zero-order valence-electron chi connectivity index (χ0n) is 12.7. The van der Waals surface area contributed by atoms with E-state index in [0.29, 0.717) is 12.5 Å². The van der Waals surface area contributed by atoms with E-state index in [2.05, 4.69) is 21.3 Å². The van der Waals surface area contributed by atoms with Crippen molar-refractivity contribution in [1.82, 2.24) is 5.32 Å². The van der Waals surface area contributed by atoms with Crippen molar-refractivity contribution in [2.75, 3.05) is 18.6 Å². The summed E-state index contributed by atoms with van der Waals surface area (Å²) < 4.78 is 39.9. The Balaban J connectivity index is 0.00000484. The first kappa shape index (κ1) is 22.2. The number of hydrogen-bond acceptors (Lipinski definition) is 3. The highest BCUT2D eigenvalue weighted by Gasteiger charge is 2.30. The lowest BCUT2D eigenvalue weighted by Gasteiger charge is -2.09. The number of unbranched alkanes of at least 4 members (excludes halogenated alkanes) is 1. The van der Waals surface area contributed by atoms with Crippen LogP contribution < -0.4 is 15.8 Å². The van der Waals surface area contributed by atoms with Crippen LogP contribution in [0.25, 0.3) is 0 Å². The zero-order chi connectivity index (χ0) is 16.4. The summed E-state index contributed by atoms with van der Waals surface area (Å²) in [5, 5.41) is 3.00. The summed E-state index contributed by atoms with van der Waals surface area (Å²) >= 11 is 1.80. The normalized spacial score (nSPS) is 11.7. The molecule has 0 heterocycles. The highest BCUT2D eigenvalue weighted by atomic mass is 127. The van der Waals surface area contributed by atoms with Gasteiger partial charge in [-0.15, -0.1) is 37.1 Å². The maximum absolute atomic E-state index is 12.0. The topological polar surface area (TPSA) is 59.6 Å². The first-order chi connectivity index (χ1) is 10.4. The van der Waals surface area contributed by atoms with Crippen LogP contribution in [0.5, 0.6) is 5.75 Å². The molecule has 0 aliphatic heterocycles. The molecule has 0 saturated carbocycles. The van der Waals surface area contributed by atoms with Gasteiger partial charge in [0.15, 0.2) is 5.96 Å². The number of aliphatic imine (C=N–C) groups is 1. The lowest BCUT2D eigenvalue weighted by atomic mass is 10.2. The number of alkyl halides is 3. The summed E-state index contributed by atoms with van der Waals surface area (Å²) in [5.41, 5.74) is 6.46. The maximum atomic E-state index is 12.0. The van der Waals surface area contributed by atoms with Gasteiger partial charge in [-0.25, -0.2) is 4.99 Å². The smallest absolute Gasteiger partial charge is 0.406 e. The number of hydrogen-bond donors (Lipinski definition) is 2. The van der Waals surface area contributed by atoms with Crippen molar-refractivity contribution in [3.63, 3.8) is 0 Å². The third kappa shape index (κ3) is 11.4. The Morgan fingerprint density at radius 3 is 2.48 bits per heavy atom. The molecule has 1 aromatic carbocycles. The quantitative estimate of drug-likeness (QED) is 0.267. The Morgan fingerprint density at radius 1 is 1.26 bits per heavy atom. The molecule has 0 amide bonds. The van der Waals surface area contributed by atoms with E-state index in [9.17, 15) is 13.2 Å². The van der Waals surface area contributed by atoms with Crippen LogP contribution in [0.3, 0.4) is 0 Å². The van der Waals surface area contributed by atoms with Gasteiger partial charge in [-0.05, 0) is 42.5 Å². The standard InChI is InChI=1S/C14H20F3N3OS.HI/c1-22-9-3-2-8-19-13(18)20-10-11-4-6-12(7-5-11)21-14(15,16)17;/h4-7H,2-3,8-10H2,1H3,(H3,18,19,20);1H. The van der Waals surface area contributed by atoms with Crippen LogP contribution >= 0.6 is 35.7 Å². The van der Waals surface area contributed by atoms with Crippen molar-refractivity contribution in [3.05, 3.63) is 29.8 Å². The van der Waals surface area contributed by atoms with Gasteiger partial charge < -0.3 is 15.8 Å². The van der Waals surface area contributed by atoms with Crippen LogP contribution in [0.4, 0.5) is 13.2 Å². The van der Waals surface area contributed by atoms with Gasteiger partial charge >= 0.3 is 6.36 Å². The monoisotopic (exact) mass is 463 g/mol. The highest BCUT2D eigenvalue weighted by molar-refractivity contribution is 14.0. The number of nitrogens with zero attached hydrogens (tertiary/aromatic N) is 1. The molecule has 0 saturated heterocycles. The van der Waals surface area contributed by atoms with E-state index in [1.165, 1.54) is 24.3 Å². The molecule has 9 heteroatoms. The van der Waals surface area contributed by atoms with Crippen molar-refractivity contribution in [2.45, 2.75) is 25.7 Å². The van der Waals surface area contributed by atoms with Crippen molar-refractivity contribution in [2.24, 2.45) is 10.7 Å². The molecule has 4 nitrogen and oxygen atoms in total. The fourth-order valence-corrected chi connectivity index (χ4v) is 2.11. The van der Waals surface area contributed by atoms with Crippen LogP contribution in [0.15, 0.2) is 29.3 Å². The molecule has 0 spiro atoms. The molecular weight excluding hydrogens is 442 g/mol. The minimum Gasteiger partial charge on any atom is -0.406 e. The highest BCUT2D eigenvalue weighted by Crippen LogP contribution is 2.22. The second kappa shape index (κ2) is 11.7. The largest absolute Gasteiger partial charge is 0.573 e. The predicted molar refractivity (Wildman–Crippen MR) is 99.5 cm³/mol. The molecule has 0 unspecified atom stereocenters. The average Bonchev–Trinajstić information content (AvgIpc) is 2.45.